The summed E-state index contributed by atoms with van der Waals surface area (Å²) in [5.41, 5.74) is 3.98. The van der Waals surface area contributed by atoms with Crippen LogP contribution in [0.1, 0.15) is 35.1 Å². The zero-order valence-corrected chi connectivity index (χ0v) is 21.5. The van der Waals surface area contributed by atoms with Gasteiger partial charge in [-0.3, -0.25) is 14.4 Å². The molecule has 2 N–H and O–H groups in total. The van der Waals surface area contributed by atoms with Gasteiger partial charge in [0.1, 0.15) is 23.9 Å². The van der Waals surface area contributed by atoms with E-state index in [-0.39, 0.29) is 24.3 Å². The van der Waals surface area contributed by atoms with E-state index in [0.717, 1.165) is 27.9 Å². The normalized spacial score (nSPS) is 26.9. The van der Waals surface area contributed by atoms with Gasteiger partial charge in [0.25, 0.3) is 0 Å². The first-order valence-corrected chi connectivity index (χ1v) is 14.3. The molecule has 3 amide bonds. The molecular formula is C29H26N4O4S. The van der Waals surface area contributed by atoms with Gasteiger partial charge in [0.15, 0.2) is 0 Å². The average molecular weight is 527 g/mol. The number of rotatable bonds is 3. The fraction of sp³-hybridized carbons (Fsp3) is 0.310. The van der Waals surface area contributed by atoms with Crippen LogP contribution in [0, 0.1) is 0 Å². The second-order valence-electron chi connectivity index (χ2n) is 10.7. The predicted molar refractivity (Wildman–Crippen MR) is 145 cm³/mol. The lowest BCUT2D eigenvalue weighted by Gasteiger charge is -2.33. The molecule has 1 aromatic heterocycles. The number of aromatic nitrogens is 1. The van der Waals surface area contributed by atoms with Gasteiger partial charge in [-0.15, -0.1) is 0 Å². The van der Waals surface area contributed by atoms with E-state index in [1.54, 1.807) is 11.1 Å². The number of nitrogens with one attached hydrogen (secondary N) is 2. The highest BCUT2D eigenvalue weighted by Gasteiger charge is 2.54. The zero-order chi connectivity index (χ0) is 26.1. The lowest BCUT2D eigenvalue weighted by atomic mass is 9.76. The van der Waals surface area contributed by atoms with Crippen LogP contribution < -0.4 is 15.5 Å². The Bertz CT molecular complexity index is 1520. The van der Waals surface area contributed by atoms with Gasteiger partial charge >= 0.3 is 0 Å². The second kappa shape index (κ2) is 8.41. The number of carbonyl (C=O) groups is 3. The molecule has 2 aromatic carbocycles. The van der Waals surface area contributed by atoms with Crippen molar-refractivity contribution in [3.63, 3.8) is 0 Å². The van der Waals surface area contributed by atoms with Crippen molar-refractivity contribution in [1.29, 1.82) is 0 Å². The fourth-order valence-corrected chi connectivity index (χ4v) is 8.09. The van der Waals surface area contributed by atoms with E-state index in [9.17, 15) is 18.9 Å². The number of anilines is 3. The van der Waals surface area contributed by atoms with Crippen molar-refractivity contribution < 1.29 is 18.9 Å². The van der Waals surface area contributed by atoms with Crippen LogP contribution in [0.15, 0.2) is 60.8 Å². The highest BCUT2D eigenvalue weighted by molar-refractivity contribution is 7.91. The Balaban J connectivity index is 1.10. The molecule has 4 heterocycles. The van der Waals surface area contributed by atoms with E-state index in [0.29, 0.717) is 48.7 Å². The molecule has 1 aliphatic carbocycles. The van der Waals surface area contributed by atoms with Crippen molar-refractivity contribution in [3.05, 3.63) is 83.0 Å². The first kappa shape index (κ1) is 23.4. The minimum atomic E-state index is -0.899. The SMILES string of the molecule is O=C(CN1c2ccccc2[C@]2(CC[S@@+]([O-])CC2)C1=O)Nc1ccc2c(c1)CC1(C2)C(=O)Nc2ncccc21. The van der Waals surface area contributed by atoms with Gasteiger partial charge in [0.2, 0.25) is 17.7 Å². The van der Waals surface area contributed by atoms with Crippen molar-refractivity contribution in [2.24, 2.45) is 0 Å². The standard InChI is InChI=1S/C29H26N4O4S/c34-24(17-33-23-6-2-1-4-21(23)28(27(33)36)9-12-38(37)13-10-28)31-20-8-7-18-15-29(16-19(18)14-20)22-5-3-11-30-25(22)32-26(29)35/h1-8,11,14H,9-10,12-13,15-17H2,(H,31,34)(H,30,32,35)/t28-,29?,38-. The number of benzene rings is 2. The van der Waals surface area contributed by atoms with Crippen molar-refractivity contribution in [1.82, 2.24) is 4.98 Å². The van der Waals surface area contributed by atoms with Crippen LogP contribution in [-0.2, 0) is 49.2 Å². The zero-order valence-electron chi connectivity index (χ0n) is 20.7. The van der Waals surface area contributed by atoms with Crippen LogP contribution in [0.5, 0.6) is 0 Å². The van der Waals surface area contributed by atoms with Gasteiger partial charge < -0.3 is 20.1 Å². The minimum Gasteiger partial charge on any atom is -0.616 e. The van der Waals surface area contributed by atoms with E-state index < -0.39 is 22.0 Å². The molecule has 1 fully saturated rings. The van der Waals surface area contributed by atoms with Crippen LogP contribution in [0.2, 0.25) is 0 Å². The molecule has 8 nitrogen and oxygen atoms in total. The maximum Gasteiger partial charge on any atom is 0.244 e. The first-order valence-electron chi connectivity index (χ1n) is 12.8. The second-order valence-corrected chi connectivity index (χ2v) is 12.4. The van der Waals surface area contributed by atoms with Crippen LogP contribution >= 0.6 is 0 Å². The molecule has 38 heavy (non-hydrogen) atoms. The monoisotopic (exact) mass is 526 g/mol. The first-order chi connectivity index (χ1) is 18.4. The third-order valence-electron chi connectivity index (χ3n) is 8.64. The topological polar surface area (TPSA) is 114 Å². The Morgan fingerprint density at radius 2 is 1.76 bits per heavy atom. The Hall–Kier alpha value is -3.69. The number of amides is 3. The van der Waals surface area contributed by atoms with Crippen LogP contribution in [0.25, 0.3) is 0 Å². The number of pyridine rings is 1. The number of carbonyl (C=O) groups excluding carboxylic acids is 3. The Morgan fingerprint density at radius 3 is 2.61 bits per heavy atom. The summed E-state index contributed by atoms with van der Waals surface area (Å²) in [4.78, 5) is 45.7. The molecule has 2 spiro atoms. The lowest BCUT2D eigenvalue weighted by Crippen LogP contribution is -2.47. The third kappa shape index (κ3) is 3.34. The van der Waals surface area contributed by atoms with E-state index in [2.05, 4.69) is 15.6 Å². The van der Waals surface area contributed by atoms with Gasteiger partial charge in [-0.05, 0) is 53.8 Å². The largest absolute Gasteiger partial charge is 0.616 e. The van der Waals surface area contributed by atoms with Crippen LogP contribution in [-0.4, -0.2) is 45.3 Å². The fourth-order valence-electron chi connectivity index (χ4n) is 6.73. The summed E-state index contributed by atoms with van der Waals surface area (Å²) < 4.78 is 12.0. The molecule has 192 valence electrons. The smallest absolute Gasteiger partial charge is 0.244 e. The Labute approximate surface area is 223 Å². The molecule has 3 aliphatic heterocycles. The molecule has 0 saturated carbocycles. The highest BCUT2D eigenvalue weighted by atomic mass is 32.2. The molecule has 7 rings (SSSR count). The van der Waals surface area contributed by atoms with Gasteiger partial charge in [0, 0.05) is 36.0 Å². The van der Waals surface area contributed by atoms with Crippen molar-refractivity contribution in [3.8, 4) is 0 Å². The van der Waals surface area contributed by atoms with Gasteiger partial charge in [-0.2, -0.15) is 0 Å². The predicted octanol–water partition coefficient (Wildman–Crippen LogP) is 2.84. The van der Waals surface area contributed by atoms with Crippen LogP contribution in [0.3, 0.4) is 0 Å². The van der Waals surface area contributed by atoms with Crippen LogP contribution in [0.4, 0.5) is 17.2 Å². The number of hydrogen-bond donors (Lipinski definition) is 2. The molecule has 1 unspecified atom stereocenters. The quantitative estimate of drug-likeness (QED) is 0.510. The number of nitrogens with zero attached hydrogens (tertiary/aromatic N) is 2. The van der Waals surface area contributed by atoms with Crippen molar-refractivity contribution in [2.75, 3.05) is 33.6 Å². The number of fused-ring (bicyclic) bond motifs is 5. The lowest BCUT2D eigenvalue weighted by molar-refractivity contribution is -0.125. The Morgan fingerprint density at radius 1 is 1.00 bits per heavy atom. The number of para-hydroxylation sites is 1. The maximum absolute atomic E-state index is 13.7. The summed E-state index contributed by atoms with van der Waals surface area (Å²) in [5.74, 6) is 1.20. The molecule has 0 radical (unpaired) electrons. The van der Waals surface area contributed by atoms with Gasteiger partial charge in [0.05, 0.1) is 10.8 Å². The van der Waals surface area contributed by atoms with Crippen molar-refractivity contribution in [2.45, 2.75) is 36.5 Å². The Kier molecular flexibility index (Phi) is 5.18. The molecule has 4 aliphatic rings. The minimum absolute atomic E-state index is 0.0420. The van der Waals surface area contributed by atoms with E-state index in [1.807, 2.05) is 54.6 Å². The van der Waals surface area contributed by atoms with Gasteiger partial charge in [-0.1, -0.05) is 41.5 Å². The summed E-state index contributed by atoms with van der Waals surface area (Å²) in [6.07, 6.45) is 3.87. The molecule has 1 atom stereocenters. The van der Waals surface area contributed by atoms with Gasteiger partial charge in [-0.25, -0.2) is 4.98 Å². The third-order valence-corrected chi connectivity index (χ3v) is 9.96. The molecular weight excluding hydrogens is 500 g/mol. The average Bonchev–Trinajstić information content (AvgIpc) is 3.51. The molecule has 3 aromatic rings. The van der Waals surface area contributed by atoms with E-state index in [4.69, 9.17) is 0 Å². The van der Waals surface area contributed by atoms with E-state index in [1.165, 1.54) is 0 Å². The summed E-state index contributed by atoms with van der Waals surface area (Å²) in [7, 11) is 0. The molecule has 1 saturated heterocycles. The molecule has 9 heteroatoms. The highest BCUT2D eigenvalue weighted by Crippen LogP contribution is 2.49. The summed E-state index contributed by atoms with van der Waals surface area (Å²) in [6.45, 7) is -0.0941. The maximum atomic E-state index is 13.7. The summed E-state index contributed by atoms with van der Waals surface area (Å²) >= 11 is -0.899. The summed E-state index contributed by atoms with van der Waals surface area (Å²) in [6, 6.07) is 17.2. The number of hydrogen-bond acceptors (Lipinski definition) is 5. The van der Waals surface area contributed by atoms with E-state index >= 15 is 0 Å². The van der Waals surface area contributed by atoms with Crippen molar-refractivity contribution >= 4 is 46.1 Å². The summed E-state index contributed by atoms with van der Waals surface area (Å²) in [5, 5.41) is 5.88. The molecule has 0 bridgehead atoms.